The zero-order valence-corrected chi connectivity index (χ0v) is 18.0. The van der Waals surface area contributed by atoms with Gasteiger partial charge in [0.15, 0.2) is 0 Å². The van der Waals surface area contributed by atoms with Crippen LogP contribution in [0.2, 0.25) is 0 Å². The van der Waals surface area contributed by atoms with Crippen LogP contribution in [0.1, 0.15) is 57.1 Å². The van der Waals surface area contributed by atoms with Crippen LogP contribution in [-0.2, 0) is 6.54 Å². The van der Waals surface area contributed by atoms with Crippen molar-refractivity contribution in [1.82, 2.24) is 10.6 Å². The Kier molecular flexibility index (Phi) is 8.43. The molecule has 3 nitrogen and oxygen atoms in total. The normalized spacial score (nSPS) is 16.5. The van der Waals surface area contributed by atoms with E-state index in [2.05, 4.69) is 71.3 Å². The summed E-state index contributed by atoms with van der Waals surface area (Å²) in [4.78, 5) is 4.87. The van der Waals surface area contributed by atoms with E-state index in [1.165, 1.54) is 43.2 Å². The van der Waals surface area contributed by atoms with Crippen molar-refractivity contribution in [3.63, 3.8) is 0 Å². The Hall–Kier alpha value is -1.55. The first-order chi connectivity index (χ1) is 12.5. The van der Waals surface area contributed by atoms with Crippen LogP contribution in [-0.4, -0.2) is 12.4 Å². The Morgan fingerprint density at radius 2 is 2.04 bits per heavy atom. The molecule has 0 aliphatic heterocycles. The topological polar surface area (TPSA) is 36.4 Å². The molecular weight excluding hydrogens is 386 g/mol. The van der Waals surface area contributed by atoms with E-state index in [4.69, 9.17) is 4.99 Å². The number of allylic oxidation sites excluding steroid dienone is 1. The van der Waals surface area contributed by atoms with Crippen molar-refractivity contribution in [3.05, 3.63) is 57.8 Å². The predicted molar refractivity (Wildman–Crippen MR) is 116 cm³/mol. The summed E-state index contributed by atoms with van der Waals surface area (Å²) >= 11 is 3.59. The van der Waals surface area contributed by atoms with Gasteiger partial charge in [-0.2, -0.15) is 0 Å². The third-order valence-electron chi connectivity index (χ3n) is 5.18. The molecule has 4 heteroatoms. The van der Waals surface area contributed by atoms with Crippen LogP contribution in [0, 0.1) is 12.8 Å². The molecule has 0 unspecified atom stereocenters. The third kappa shape index (κ3) is 6.31. The molecule has 1 aromatic rings. The second kappa shape index (κ2) is 10.6. The summed E-state index contributed by atoms with van der Waals surface area (Å²) in [6.45, 7) is 12.0. The van der Waals surface area contributed by atoms with Gasteiger partial charge in [-0.15, -0.1) is 0 Å². The minimum Gasteiger partial charge on any atom is -0.368 e. The lowest BCUT2D eigenvalue weighted by atomic mass is 9.89. The quantitative estimate of drug-likeness (QED) is 0.430. The minimum atomic E-state index is 0.732. The standard InChI is InChI=1S/C22H32BrN3/c1-5-16(2)22(25-14-19-10-7-6-8-11-19)26-18(4)24-15-20-12-9-13-21(23)17(20)3/h5,9,12-13,19,24H,4,6-8,10-11,14-15H2,1-3H3,(H,25,26)/b16-5-. The maximum atomic E-state index is 4.87. The van der Waals surface area contributed by atoms with Crippen molar-refractivity contribution in [2.75, 3.05) is 6.54 Å². The molecule has 1 aliphatic rings. The van der Waals surface area contributed by atoms with Gasteiger partial charge >= 0.3 is 0 Å². The molecule has 0 amide bonds. The Morgan fingerprint density at radius 3 is 2.73 bits per heavy atom. The predicted octanol–water partition coefficient (Wildman–Crippen LogP) is 5.85. The molecule has 0 bridgehead atoms. The Labute approximate surface area is 167 Å². The smallest absolute Gasteiger partial charge is 0.129 e. The van der Waals surface area contributed by atoms with Crippen LogP contribution in [0.25, 0.3) is 0 Å². The molecule has 1 aliphatic carbocycles. The molecule has 26 heavy (non-hydrogen) atoms. The summed E-state index contributed by atoms with van der Waals surface area (Å²) in [6.07, 6.45) is 8.81. The van der Waals surface area contributed by atoms with Crippen molar-refractivity contribution in [3.8, 4) is 0 Å². The summed E-state index contributed by atoms with van der Waals surface area (Å²) in [7, 11) is 0. The highest BCUT2D eigenvalue weighted by Gasteiger charge is 2.13. The van der Waals surface area contributed by atoms with Crippen molar-refractivity contribution in [2.45, 2.75) is 59.4 Å². The van der Waals surface area contributed by atoms with Gasteiger partial charge in [-0.3, -0.25) is 4.99 Å². The number of nitrogens with zero attached hydrogens (tertiary/aromatic N) is 1. The molecule has 0 spiro atoms. The molecule has 0 heterocycles. The lowest BCUT2D eigenvalue weighted by Crippen LogP contribution is -2.32. The van der Waals surface area contributed by atoms with E-state index in [0.29, 0.717) is 0 Å². The van der Waals surface area contributed by atoms with Gasteiger partial charge in [0.05, 0.1) is 5.82 Å². The monoisotopic (exact) mass is 417 g/mol. The Morgan fingerprint density at radius 1 is 1.31 bits per heavy atom. The molecule has 2 N–H and O–H groups in total. The van der Waals surface area contributed by atoms with Gasteiger partial charge in [-0.1, -0.05) is 60.0 Å². The van der Waals surface area contributed by atoms with Crippen LogP contribution in [0.5, 0.6) is 0 Å². The van der Waals surface area contributed by atoms with E-state index in [1.54, 1.807) is 0 Å². The number of hydrogen-bond acceptors (Lipinski definition) is 2. The Bertz CT molecular complexity index is 670. The molecule has 0 saturated heterocycles. The number of halogens is 1. The number of aliphatic imine (C=N–C) groups is 1. The van der Waals surface area contributed by atoms with Crippen molar-refractivity contribution in [2.24, 2.45) is 10.9 Å². The van der Waals surface area contributed by atoms with E-state index in [1.807, 2.05) is 6.92 Å². The molecule has 1 fully saturated rings. The van der Waals surface area contributed by atoms with E-state index < -0.39 is 0 Å². The van der Waals surface area contributed by atoms with Crippen molar-refractivity contribution in [1.29, 1.82) is 0 Å². The zero-order chi connectivity index (χ0) is 18.9. The van der Waals surface area contributed by atoms with Crippen LogP contribution in [0.15, 0.2) is 51.7 Å². The molecule has 1 saturated carbocycles. The van der Waals surface area contributed by atoms with Gasteiger partial charge in [-0.05, 0) is 62.3 Å². The van der Waals surface area contributed by atoms with Crippen molar-refractivity contribution >= 4 is 21.8 Å². The molecule has 0 radical (unpaired) electrons. The number of benzene rings is 1. The van der Waals surface area contributed by atoms with Crippen LogP contribution in [0.4, 0.5) is 0 Å². The van der Waals surface area contributed by atoms with Crippen LogP contribution < -0.4 is 10.6 Å². The Balaban J connectivity index is 1.94. The minimum absolute atomic E-state index is 0.732. The van der Waals surface area contributed by atoms with E-state index in [0.717, 1.165) is 40.7 Å². The average Bonchev–Trinajstić information content (AvgIpc) is 2.66. The van der Waals surface area contributed by atoms with Gasteiger partial charge in [-0.25, -0.2) is 0 Å². The summed E-state index contributed by atoms with van der Waals surface area (Å²) in [5, 5.41) is 6.76. The summed E-state index contributed by atoms with van der Waals surface area (Å²) in [6, 6.07) is 6.26. The fraction of sp³-hybridized carbons (Fsp3) is 0.500. The third-order valence-corrected chi connectivity index (χ3v) is 6.04. The first-order valence-electron chi connectivity index (χ1n) is 9.62. The number of hydrogen-bond donors (Lipinski definition) is 2. The number of amidine groups is 1. The van der Waals surface area contributed by atoms with Gasteiger partial charge in [0.2, 0.25) is 0 Å². The molecule has 0 aromatic heterocycles. The van der Waals surface area contributed by atoms with E-state index >= 15 is 0 Å². The highest BCUT2D eigenvalue weighted by molar-refractivity contribution is 9.10. The molecule has 2 rings (SSSR count). The number of nitrogens with one attached hydrogen (secondary N) is 2. The lowest BCUT2D eigenvalue weighted by Gasteiger charge is -2.21. The zero-order valence-electron chi connectivity index (χ0n) is 16.4. The maximum absolute atomic E-state index is 4.87. The molecule has 142 valence electrons. The van der Waals surface area contributed by atoms with Gasteiger partial charge in [0.25, 0.3) is 0 Å². The molecule has 0 atom stereocenters. The fourth-order valence-corrected chi connectivity index (χ4v) is 3.63. The summed E-state index contributed by atoms with van der Waals surface area (Å²) < 4.78 is 1.13. The second-order valence-corrected chi connectivity index (χ2v) is 8.00. The summed E-state index contributed by atoms with van der Waals surface area (Å²) in [5.41, 5.74) is 3.66. The van der Waals surface area contributed by atoms with E-state index in [9.17, 15) is 0 Å². The second-order valence-electron chi connectivity index (χ2n) is 7.15. The highest BCUT2D eigenvalue weighted by atomic mass is 79.9. The average molecular weight is 418 g/mol. The summed E-state index contributed by atoms with van der Waals surface area (Å²) in [5.74, 6) is 2.45. The highest BCUT2D eigenvalue weighted by Crippen LogP contribution is 2.24. The van der Waals surface area contributed by atoms with Crippen LogP contribution >= 0.6 is 15.9 Å². The van der Waals surface area contributed by atoms with E-state index in [-0.39, 0.29) is 0 Å². The molecular formula is C22H32BrN3. The first-order valence-corrected chi connectivity index (χ1v) is 10.4. The lowest BCUT2D eigenvalue weighted by molar-refractivity contribution is 0.367. The first kappa shape index (κ1) is 20.8. The maximum Gasteiger partial charge on any atom is 0.129 e. The van der Waals surface area contributed by atoms with Crippen LogP contribution in [0.3, 0.4) is 0 Å². The largest absolute Gasteiger partial charge is 0.368 e. The molecule has 1 aromatic carbocycles. The fourth-order valence-electron chi connectivity index (χ4n) is 3.22. The van der Waals surface area contributed by atoms with Gasteiger partial charge < -0.3 is 10.6 Å². The number of rotatable bonds is 7. The van der Waals surface area contributed by atoms with Gasteiger partial charge in [0.1, 0.15) is 5.84 Å². The van der Waals surface area contributed by atoms with Gasteiger partial charge in [0, 0.05) is 17.6 Å². The SMILES string of the molecule is C=C(NCc1cccc(Br)c1C)NC(=NCC1CCCCC1)/C(C)=C\C. The van der Waals surface area contributed by atoms with Crippen molar-refractivity contribution < 1.29 is 0 Å².